The molecule has 0 radical (unpaired) electrons. The molecule has 1 heterocycles. The van der Waals surface area contributed by atoms with Gasteiger partial charge >= 0.3 is 0 Å². The summed E-state index contributed by atoms with van der Waals surface area (Å²) < 4.78 is 14.4. The fraction of sp³-hybridized carbons (Fsp3) is 0.250. The molecule has 2 rings (SSSR count). The molecular formula is C12H11BrFNOS. The maximum absolute atomic E-state index is 13.8. The summed E-state index contributed by atoms with van der Waals surface area (Å²) in [6.07, 6.45) is -0.577. The van der Waals surface area contributed by atoms with E-state index in [1.165, 1.54) is 17.4 Å². The monoisotopic (exact) mass is 315 g/mol. The average Bonchev–Trinajstić information content (AvgIpc) is 2.60. The highest BCUT2D eigenvalue weighted by atomic mass is 79.9. The number of nitrogens with zero attached hydrogens (tertiary/aromatic N) is 1. The van der Waals surface area contributed by atoms with Crippen molar-refractivity contribution in [2.75, 3.05) is 0 Å². The van der Waals surface area contributed by atoms with E-state index in [1.54, 1.807) is 19.1 Å². The van der Waals surface area contributed by atoms with Crippen LogP contribution in [0, 0.1) is 12.7 Å². The molecule has 0 bridgehead atoms. The highest BCUT2D eigenvalue weighted by Crippen LogP contribution is 2.36. The van der Waals surface area contributed by atoms with E-state index in [9.17, 15) is 9.50 Å². The molecule has 0 spiro atoms. The van der Waals surface area contributed by atoms with Gasteiger partial charge in [-0.15, -0.1) is 11.3 Å². The Hall–Kier alpha value is -0.780. The molecule has 90 valence electrons. The van der Waals surface area contributed by atoms with Crippen LogP contribution in [0.1, 0.15) is 23.6 Å². The van der Waals surface area contributed by atoms with Gasteiger partial charge in [-0.25, -0.2) is 9.37 Å². The number of rotatable bonds is 2. The quantitative estimate of drug-likeness (QED) is 0.906. The van der Waals surface area contributed by atoms with Crippen molar-refractivity contribution in [3.8, 4) is 10.6 Å². The molecular weight excluding hydrogens is 305 g/mol. The van der Waals surface area contributed by atoms with E-state index in [-0.39, 0.29) is 5.82 Å². The molecule has 1 N–H and O–H groups in total. The summed E-state index contributed by atoms with van der Waals surface area (Å²) in [4.78, 5) is 5.09. The third-order valence-corrected chi connectivity index (χ3v) is 4.39. The third-order valence-electron chi connectivity index (χ3n) is 2.39. The van der Waals surface area contributed by atoms with Crippen molar-refractivity contribution >= 4 is 27.3 Å². The molecule has 1 aromatic carbocycles. The highest BCUT2D eigenvalue weighted by Gasteiger charge is 2.17. The smallest absolute Gasteiger partial charge is 0.134 e. The summed E-state index contributed by atoms with van der Waals surface area (Å²) in [5.74, 6) is -0.315. The number of aryl methyl sites for hydroxylation is 1. The van der Waals surface area contributed by atoms with Crippen LogP contribution in [0.15, 0.2) is 22.7 Å². The lowest BCUT2D eigenvalue weighted by atomic mass is 10.2. The molecule has 17 heavy (non-hydrogen) atoms. The molecule has 2 aromatic rings. The number of aliphatic hydroxyl groups excluding tert-OH is 1. The third kappa shape index (κ3) is 2.41. The molecule has 1 aromatic heterocycles. The van der Waals surface area contributed by atoms with Gasteiger partial charge in [0.05, 0.1) is 22.2 Å². The first-order valence-corrected chi connectivity index (χ1v) is 6.71. The van der Waals surface area contributed by atoms with E-state index in [0.29, 0.717) is 15.0 Å². The van der Waals surface area contributed by atoms with Gasteiger partial charge in [-0.2, -0.15) is 0 Å². The largest absolute Gasteiger partial charge is 0.388 e. The lowest BCUT2D eigenvalue weighted by molar-refractivity contribution is 0.202. The minimum absolute atomic E-state index is 0.315. The van der Waals surface area contributed by atoms with Crippen LogP contribution in [0.25, 0.3) is 10.6 Å². The van der Waals surface area contributed by atoms with Crippen LogP contribution in [-0.4, -0.2) is 10.1 Å². The van der Waals surface area contributed by atoms with Gasteiger partial charge in [0.25, 0.3) is 0 Å². The molecule has 0 aliphatic carbocycles. The van der Waals surface area contributed by atoms with Crippen molar-refractivity contribution in [3.63, 3.8) is 0 Å². The van der Waals surface area contributed by atoms with Crippen molar-refractivity contribution < 1.29 is 9.50 Å². The first kappa shape index (κ1) is 12.7. The predicted molar refractivity (Wildman–Crippen MR) is 70.6 cm³/mol. The maximum atomic E-state index is 13.8. The van der Waals surface area contributed by atoms with Crippen LogP contribution in [0.2, 0.25) is 0 Å². The van der Waals surface area contributed by atoms with Crippen molar-refractivity contribution in [2.45, 2.75) is 20.0 Å². The topological polar surface area (TPSA) is 33.1 Å². The Morgan fingerprint density at radius 3 is 2.71 bits per heavy atom. The fourth-order valence-corrected chi connectivity index (χ4v) is 3.33. The van der Waals surface area contributed by atoms with E-state index >= 15 is 0 Å². The lowest BCUT2D eigenvalue weighted by Crippen LogP contribution is -1.88. The van der Waals surface area contributed by atoms with Crippen molar-refractivity contribution in [3.05, 3.63) is 39.1 Å². The summed E-state index contributed by atoms with van der Waals surface area (Å²) in [5, 5.41) is 10.2. The van der Waals surface area contributed by atoms with E-state index in [4.69, 9.17) is 0 Å². The van der Waals surface area contributed by atoms with E-state index in [0.717, 1.165) is 10.6 Å². The summed E-state index contributed by atoms with van der Waals surface area (Å²) in [7, 11) is 0. The van der Waals surface area contributed by atoms with Crippen molar-refractivity contribution in [1.82, 2.24) is 4.98 Å². The van der Waals surface area contributed by atoms with E-state index in [1.807, 2.05) is 6.92 Å². The van der Waals surface area contributed by atoms with Gasteiger partial charge in [-0.1, -0.05) is 6.07 Å². The zero-order valence-corrected chi connectivity index (χ0v) is 11.8. The van der Waals surface area contributed by atoms with Gasteiger partial charge in [0, 0.05) is 4.47 Å². The van der Waals surface area contributed by atoms with Crippen LogP contribution in [0.5, 0.6) is 0 Å². The number of halogens is 2. The van der Waals surface area contributed by atoms with Crippen molar-refractivity contribution in [1.29, 1.82) is 0 Å². The second kappa shape index (κ2) is 4.84. The highest BCUT2D eigenvalue weighted by molar-refractivity contribution is 9.10. The molecule has 5 heteroatoms. The maximum Gasteiger partial charge on any atom is 0.134 e. The zero-order chi connectivity index (χ0) is 12.6. The number of hydrogen-bond acceptors (Lipinski definition) is 3. The molecule has 0 amide bonds. The summed E-state index contributed by atoms with van der Waals surface area (Å²) in [6.45, 7) is 3.50. The fourth-order valence-electron chi connectivity index (χ4n) is 1.60. The van der Waals surface area contributed by atoms with E-state index in [2.05, 4.69) is 20.9 Å². The molecule has 0 aliphatic rings. The van der Waals surface area contributed by atoms with Gasteiger partial charge in [0.1, 0.15) is 10.8 Å². The molecule has 1 unspecified atom stereocenters. The second-order valence-corrected chi connectivity index (χ2v) is 5.63. The van der Waals surface area contributed by atoms with Crippen LogP contribution >= 0.6 is 27.3 Å². The minimum Gasteiger partial charge on any atom is -0.388 e. The number of aliphatic hydroxyl groups is 1. The summed E-state index contributed by atoms with van der Waals surface area (Å²) in [5.41, 5.74) is 1.20. The van der Waals surface area contributed by atoms with Gasteiger partial charge in [-0.3, -0.25) is 0 Å². The van der Waals surface area contributed by atoms with Crippen LogP contribution in [0.4, 0.5) is 4.39 Å². The van der Waals surface area contributed by atoms with Gasteiger partial charge in [-0.05, 0) is 41.9 Å². The van der Waals surface area contributed by atoms with Crippen LogP contribution in [0.3, 0.4) is 0 Å². The molecule has 0 saturated heterocycles. The minimum atomic E-state index is -0.577. The first-order valence-electron chi connectivity index (χ1n) is 5.10. The van der Waals surface area contributed by atoms with E-state index < -0.39 is 6.10 Å². The Labute approximate surface area is 111 Å². The summed E-state index contributed by atoms with van der Waals surface area (Å²) in [6, 6.07) is 4.81. The molecule has 0 aliphatic heterocycles. The Kier molecular flexibility index (Phi) is 3.61. The number of benzene rings is 1. The Morgan fingerprint density at radius 2 is 2.18 bits per heavy atom. The SMILES string of the molecule is Cc1nc(-c2c(F)cccc2Br)sc1C(C)O. The Bertz CT molecular complexity index is 533. The van der Waals surface area contributed by atoms with Gasteiger partial charge in [0.15, 0.2) is 0 Å². The van der Waals surface area contributed by atoms with Crippen molar-refractivity contribution in [2.24, 2.45) is 0 Å². The number of hydrogen-bond donors (Lipinski definition) is 1. The zero-order valence-electron chi connectivity index (χ0n) is 9.37. The second-order valence-electron chi connectivity index (χ2n) is 3.74. The molecule has 2 nitrogen and oxygen atoms in total. The normalized spacial score (nSPS) is 12.8. The van der Waals surface area contributed by atoms with Gasteiger partial charge in [0.2, 0.25) is 0 Å². The molecule has 0 saturated carbocycles. The molecule has 1 atom stereocenters. The van der Waals surface area contributed by atoms with Crippen LogP contribution in [-0.2, 0) is 0 Å². The number of thiazole rings is 1. The van der Waals surface area contributed by atoms with Crippen LogP contribution < -0.4 is 0 Å². The lowest BCUT2D eigenvalue weighted by Gasteiger charge is -2.01. The summed E-state index contributed by atoms with van der Waals surface area (Å²) >= 11 is 4.64. The van der Waals surface area contributed by atoms with Gasteiger partial charge < -0.3 is 5.11 Å². The molecule has 0 fully saturated rings. The Balaban J connectivity index is 2.58. The Morgan fingerprint density at radius 1 is 1.47 bits per heavy atom. The number of aromatic nitrogens is 1. The standard InChI is InChI=1S/C12H11BrFNOS/c1-6-11(7(2)16)17-12(15-6)10-8(13)4-3-5-9(10)14/h3-5,7,16H,1-2H3. The predicted octanol–water partition coefficient (Wildman–Crippen LogP) is 4.07. The first-order chi connectivity index (χ1) is 8.00. The average molecular weight is 316 g/mol.